The molecular weight excluding hydrogens is 400 g/mol. The molecule has 0 aliphatic carbocycles. The summed E-state index contributed by atoms with van der Waals surface area (Å²) in [4.78, 5) is 2.39. The lowest BCUT2D eigenvalue weighted by Crippen LogP contribution is -2.45. The Balaban J connectivity index is 1.42. The monoisotopic (exact) mass is 427 g/mol. The fourth-order valence-electron chi connectivity index (χ4n) is 3.73. The highest BCUT2D eigenvalue weighted by molar-refractivity contribution is 5.64. The van der Waals surface area contributed by atoms with E-state index in [2.05, 4.69) is 33.6 Å². The smallest absolute Gasteiger partial charge is 0.152 e. The van der Waals surface area contributed by atoms with Crippen LogP contribution in [0.5, 0.6) is 0 Å². The minimum absolute atomic E-state index is 0.160. The lowest BCUT2D eigenvalue weighted by atomic mass is 10.2. The molecule has 2 aromatic carbocycles. The zero-order valence-electron chi connectivity index (χ0n) is 17.7. The molecule has 0 amide bonds. The van der Waals surface area contributed by atoms with Crippen molar-refractivity contribution >= 4 is 17.2 Å². The molecule has 3 aromatic rings. The maximum absolute atomic E-state index is 13.5. The van der Waals surface area contributed by atoms with Gasteiger partial charge in [-0.05, 0) is 49.4 Å². The summed E-state index contributed by atoms with van der Waals surface area (Å²) >= 11 is 0. The van der Waals surface area contributed by atoms with E-state index >= 15 is 0 Å². The van der Waals surface area contributed by atoms with Crippen molar-refractivity contribution in [2.45, 2.75) is 20.0 Å². The van der Waals surface area contributed by atoms with Crippen molar-refractivity contribution in [2.75, 3.05) is 43.4 Å². The van der Waals surface area contributed by atoms with Gasteiger partial charge >= 0.3 is 0 Å². The second-order valence-electron chi connectivity index (χ2n) is 7.75. The van der Waals surface area contributed by atoms with Crippen LogP contribution in [-0.2, 0) is 4.74 Å². The van der Waals surface area contributed by atoms with Gasteiger partial charge in [0.15, 0.2) is 5.82 Å². The summed E-state index contributed by atoms with van der Waals surface area (Å²) in [7, 11) is 0. The molecule has 1 atom stereocenters. The Labute approximate surface area is 180 Å². The van der Waals surface area contributed by atoms with Crippen LogP contribution in [0.1, 0.15) is 12.5 Å². The number of anilines is 3. The Morgan fingerprint density at radius 1 is 1.10 bits per heavy atom. The second-order valence-corrected chi connectivity index (χ2v) is 7.75. The molecule has 1 aromatic heterocycles. The number of aryl methyl sites for hydroxylation is 1. The maximum Gasteiger partial charge on any atom is 0.152 e. The average molecular weight is 427 g/mol. The third-order valence-corrected chi connectivity index (χ3v) is 5.25. The number of ether oxygens (including phenoxy) is 1. The topological polar surface area (TPSA) is 54.4 Å². The molecule has 0 radical (unpaired) electrons. The van der Waals surface area contributed by atoms with Crippen molar-refractivity contribution in [3.8, 4) is 5.69 Å². The van der Waals surface area contributed by atoms with Gasteiger partial charge in [0, 0.05) is 49.3 Å². The molecule has 1 saturated heterocycles. The molecule has 2 N–H and O–H groups in total. The fourth-order valence-corrected chi connectivity index (χ4v) is 3.73. The normalized spacial score (nSPS) is 17.0. The largest absolute Gasteiger partial charge is 0.382 e. The average Bonchev–Trinajstić information content (AvgIpc) is 3.20. The van der Waals surface area contributed by atoms with Gasteiger partial charge in [0.25, 0.3) is 0 Å². The van der Waals surface area contributed by atoms with Gasteiger partial charge in [-0.3, -0.25) is 4.90 Å². The van der Waals surface area contributed by atoms with E-state index < -0.39 is 11.6 Å². The summed E-state index contributed by atoms with van der Waals surface area (Å²) in [5, 5.41) is 11.1. The van der Waals surface area contributed by atoms with E-state index in [1.165, 1.54) is 16.8 Å². The molecule has 31 heavy (non-hydrogen) atoms. The minimum atomic E-state index is -0.640. The molecule has 8 heteroatoms. The van der Waals surface area contributed by atoms with Crippen molar-refractivity contribution < 1.29 is 13.5 Å². The zero-order chi connectivity index (χ0) is 21.8. The molecule has 1 unspecified atom stereocenters. The number of nitrogens with one attached hydrogen (secondary N) is 2. The molecule has 0 spiro atoms. The van der Waals surface area contributed by atoms with Gasteiger partial charge < -0.3 is 15.4 Å². The van der Waals surface area contributed by atoms with Gasteiger partial charge in [-0.25, -0.2) is 13.5 Å². The Morgan fingerprint density at radius 2 is 1.87 bits per heavy atom. The number of benzene rings is 2. The highest BCUT2D eigenvalue weighted by atomic mass is 19.1. The Kier molecular flexibility index (Phi) is 6.48. The van der Waals surface area contributed by atoms with E-state index in [1.54, 1.807) is 12.3 Å². The highest BCUT2D eigenvalue weighted by Gasteiger charge is 2.19. The molecule has 2 heterocycles. The first-order valence-electron chi connectivity index (χ1n) is 10.5. The highest BCUT2D eigenvalue weighted by Crippen LogP contribution is 2.23. The van der Waals surface area contributed by atoms with Gasteiger partial charge in [-0.15, -0.1) is 0 Å². The van der Waals surface area contributed by atoms with Gasteiger partial charge in [0.05, 0.1) is 18.4 Å². The van der Waals surface area contributed by atoms with E-state index in [-0.39, 0.29) is 6.10 Å². The van der Waals surface area contributed by atoms with E-state index in [0.717, 1.165) is 55.8 Å². The number of hydrogen-bond acceptors (Lipinski definition) is 5. The third kappa shape index (κ3) is 5.59. The van der Waals surface area contributed by atoms with Crippen molar-refractivity contribution in [1.82, 2.24) is 14.7 Å². The SMILES string of the molecule is CCN1CCOC(CNc2cc(C)cc(Nc3ccn(-c4cc(F)cc(F)c4)n3)c2)C1. The fraction of sp³-hybridized carbons (Fsp3) is 0.348. The second kappa shape index (κ2) is 9.45. The van der Waals surface area contributed by atoms with E-state index in [4.69, 9.17) is 4.74 Å². The van der Waals surface area contributed by atoms with Crippen molar-refractivity contribution in [3.63, 3.8) is 0 Å². The van der Waals surface area contributed by atoms with Gasteiger partial charge in [0.1, 0.15) is 11.6 Å². The number of aromatic nitrogens is 2. The zero-order valence-corrected chi connectivity index (χ0v) is 17.7. The van der Waals surface area contributed by atoms with E-state index in [0.29, 0.717) is 11.5 Å². The molecule has 164 valence electrons. The molecule has 1 fully saturated rings. The number of morpholine rings is 1. The van der Waals surface area contributed by atoms with Crippen LogP contribution < -0.4 is 10.6 Å². The number of likely N-dealkylation sites (N-methyl/N-ethyl adjacent to an activating group) is 1. The quantitative estimate of drug-likeness (QED) is 0.588. The van der Waals surface area contributed by atoms with Crippen LogP contribution in [-0.4, -0.2) is 53.6 Å². The summed E-state index contributed by atoms with van der Waals surface area (Å²) in [6.45, 7) is 8.64. The summed E-state index contributed by atoms with van der Waals surface area (Å²) < 4.78 is 34.3. The molecule has 6 nitrogen and oxygen atoms in total. The lowest BCUT2D eigenvalue weighted by molar-refractivity contribution is -0.0191. The standard InChI is InChI=1S/C23H27F2N5O/c1-3-29-6-7-31-22(15-29)14-26-19-8-16(2)9-20(13-19)27-23-4-5-30(28-23)21-11-17(24)10-18(25)12-21/h4-5,8-13,22,26H,3,6-7,14-15H2,1-2H3,(H,27,28). The van der Waals surface area contributed by atoms with Crippen molar-refractivity contribution in [2.24, 2.45) is 0 Å². The number of nitrogens with zero attached hydrogens (tertiary/aromatic N) is 3. The molecule has 1 aliphatic rings. The Bertz CT molecular complexity index is 1020. The molecule has 4 rings (SSSR count). The molecule has 0 saturated carbocycles. The summed E-state index contributed by atoms with van der Waals surface area (Å²) in [5.41, 5.74) is 3.29. The molecule has 1 aliphatic heterocycles. The van der Waals surface area contributed by atoms with Crippen LogP contribution in [0.4, 0.5) is 26.0 Å². The summed E-state index contributed by atoms with van der Waals surface area (Å²) in [6, 6.07) is 11.2. The first-order chi connectivity index (χ1) is 15.0. The number of hydrogen-bond donors (Lipinski definition) is 2. The number of rotatable bonds is 7. The lowest BCUT2D eigenvalue weighted by Gasteiger charge is -2.32. The molecular formula is C23H27F2N5O. The first kappa shape index (κ1) is 21.3. The minimum Gasteiger partial charge on any atom is -0.382 e. The van der Waals surface area contributed by atoms with Crippen molar-refractivity contribution in [1.29, 1.82) is 0 Å². The maximum atomic E-state index is 13.5. The van der Waals surface area contributed by atoms with E-state index in [1.807, 2.05) is 19.1 Å². The number of halogens is 2. The molecule has 0 bridgehead atoms. The van der Waals surface area contributed by atoms with Crippen LogP contribution in [0.2, 0.25) is 0 Å². The predicted molar refractivity (Wildman–Crippen MR) is 118 cm³/mol. The van der Waals surface area contributed by atoms with Crippen LogP contribution in [0, 0.1) is 18.6 Å². The van der Waals surface area contributed by atoms with Crippen molar-refractivity contribution in [3.05, 3.63) is 65.9 Å². The summed E-state index contributed by atoms with van der Waals surface area (Å²) in [6.07, 6.45) is 1.82. The predicted octanol–water partition coefficient (Wildman–Crippen LogP) is 4.34. The Morgan fingerprint density at radius 3 is 2.65 bits per heavy atom. The first-order valence-corrected chi connectivity index (χ1v) is 10.5. The van der Waals surface area contributed by atoms with Crippen LogP contribution in [0.3, 0.4) is 0 Å². The van der Waals surface area contributed by atoms with Crippen LogP contribution >= 0.6 is 0 Å². The van der Waals surface area contributed by atoms with Gasteiger partial charge in [-0.1, -0.05) is 6.92 Å². The van der Waals surface area contributed by atoms with E-state index in [9.17, 15) is 8.78 Å². The van der Waals surface area contributed by atoms with Crippen LogP contribution in [0.15, 0.2) is 48.7 Å². The van der Waals surface area contributed by atoms with Crippen LogP contribution in [0.25, 0.3) is 5.69 Å². The van der Waals surface area contributed by atoms with Gasteiger partial charge in [-0.2, -0.15) is 5.10 Å². The summed E-state index contributed by atoms with van der Waals surface area (Å²) in [5.74, 6) is -0.702. The Hall–Kier alpha value is -2.97. The third-order valence-electron chi connectivity index (χ3n) is 5.25. The van der Waals surface area contributed by atoms with Gasteiger partial charge in [0.2, 0.25) is 0 Å².